The van der Waals surface area contributed by atoms with Crippen molar-refractivity contribution in [3.63, 3.8) is 0 Å². The van der Waals surface area contributed by atoms with Crippen LogP contribution in [0.15, 0.2) is 18.3 Å². The first-order valence-corrected chi connectivity index (χ1v) is 5.67. The minimum absolute atomic E-state index is 0.148. The molecule has 1 aliphatic rings. The van der Waals surface area contributed by atoms with E-state index in [9.17, 15) is 4.79 Å². The summed E-state index contributed by atoms with van der Waals surface area (Å²) < 4.78 is 11.0. The molecule has 1 N–H and O–H groups in total. The number of pyridine rings is 1. The smallest absolute Gasteiger partial charge is 0.337 e. The molecule has 0 spiro atoms. The van der Waals surface area contributed by atoms with Crippen molar-refractivity contribution in [1.29, 1.82) is 0 Å². The van der Waals surface area contributed by atoms with Gasteiger partial charge in [0.05, 0.1) is 17.9 Å². The molecule has 92 valence electrons. The van der Waals surface area contributed by atoms with Crippen molar-refractivity contribution in [2.45, 2.75) is 32.2 Å². The first-order chi connectivity index (χ1) is 8.25. The number of aromatic carboxylic acids is 1. The van der Waals surface area contributed by atoms with Crippen LogP contribution in [0.25, 0.3) is 0 Å². The second-order valence-electron chi connectivity index (χ2n) is 3.95. The molecule has 0 aliphatic carbocycles. The molecule has 1 atom stereocenters. The van der Waals surface area contributed by atoms with Gasteiger partial charge in [0.25, 0.3) is 0 Å². The van der Waals surface area contributed by atoms with E-state index in [1.807, 2.05) is 0 Å². The van der Waals surface area contributed by atoms with Crippen molar-refractivity contribution < 1.29 is 19.4 Å². The summed E-state index contributed by atoms with van der Waals surface area (Å²) in [6.45, 7) is 1.10. The third kappa shape index (κ3) is 3.51. The van der Waals surface area contributed by atoms with E-state index in [0.29, 0.717) is 12.3 Å². The Labute approximate surface area is 99.4 Å². The van der Waals surface area contributed by atoms with Gasteiger partial charge in [-0.3, -0.25) is 4.98 Å². The number of nitrogens with zero attached hydrogens (tertiary/aromatic N) is 1. The van der Waals surface area contributed by atoms with E-state index in [4.69, 9.17) is 14.6 Å². The summed E-state index contributed by atoms with van der Waals surface area (Å²) in [5.74, 6) is -0.972. The van der Waals surface area contributed by atoms with Gasteiger partial charge in [0.15, 0.2) is 6.29 Å². The van der Waals surface area contributed by atoms with Crippen LogP contribution in [0, 0.1) is 0 Å². The summed E-state index contributed by atoms with van der Waals surface area (Å²) in [5, 5.41) is 8.72. The molecular weight excluding hydrogens is 222 g/mol. The molecule has 2 rings (SSSR count). The summed E-state index contributed by atoms with van der Waals surface area (Å²) in [4.78, 5) is 14.6. The molecule has 5 heteroatoms. The van der Waals surface area contributed by atoms with Crippen LogP contribution in [0.5, 0.6) is 0 Å². The van der Waals surface area contributed by atoms with E-state index >= 15 is 0 Å². The monoisotopic (exact) mass is 237 g/mol. The number of carbonyl (C=O) groups is 1. The van der Waals surface area contributed by atoms with Gasteiger partial charge in [-0.1, -0.05) is 0 Å². The first-order valence-electron chi connectivity index (χ1n) is 5.67. The lowest BCUT2D eigenvalue weighted by molar-refractivity contribution is -0.169. The summed E-state index contributed by atoms with van der Waals surface area (Å²) in [6.07, 6.45) is 4.31. The molecule has 0 saturated carbocycles. The van der Waals surface area contributed by atoms with Crippen molar-refractivity contribution in [3.8, 4) is 0 Å². The highest BCUT2D eigenvalue weighted by atomic mass is 16.7. The third-order valence-corrected chi connectivity index (χ3v) is 2.63. The summed E-state index contributed by atoms with van der Waals surface area (Å²) in [7, 11) is 0. The van der Waals surface area contributed by atoms with Gasteiger partial charge in [0.2, 0.25) is 0 Å². The second kappa shape index (κ2) is 5.75. The molecule has 0 bridgehead atoms. The van der Waals surface area contributed by atoms with Crippen LogP contribution in [0.4, 0.5) is 0 Å². The van der Waals surface area contributed by atoms with Crippen LogP contribution < -0.4 is 0 Å². The van der Waals surface area contributed by atoms with Gasteiger partial charge in [-0.15, -0.1) is 0 Å². The normalized spacial score (nSPS) is 20.1. The van der Waals surface area contributed by atoms with Gasteiger partial charge < -0.3 is 14.6 Å². The highest BCUT2D eigenvalue weighted by molar-refractivity contribution is 5.87. The van der Waals surface area contributed by atoms with Gasteiger partial charge in [-0.05, 0) is 31.4 Å². The van der Waals surface area contributed by atoms with Crippen LogP contribution in [-0.2, 0) is 16.1 Å². The maximum absolute atomic E-state index is 10.6. The molecule has 1 saturated heterocycles. The molecule has 17 heavy (non-hydrogen) atoms. The first kappa shape index (κ1) is 12.0. The largest absolute Gasteiger partial charge is 0.478 e. The molecule has 1 aromatic rings. The standard InChI is InChI=1S/C12H15NO4/c14-12(15)9-4-5-10(13-7-9)8-17-11-3-1-2-6-16-11/h4-5,7,11H,1-3,6,8H2,(H,14,15). The Bertz CT molecular complexity index is 371. The lowest BCUT2D eigenvalue weighted by Crippen LogP contribution is -2.22. The zero-order chi connectivity index (χ0) is 12.1. The van der Waals surface area contributed by atoms with Gasteiger partial charge in [-0.2, -0.15) is 0 Å². The van der Waals surface area contributed by atoms with Crippen LogP contribution in [-0.4, -0.2) is 29.0 Å². The minimum atomic E-state index is -0.972. The van der Waals surface area contributed by atoms with Crippen molar-refractivity contribution in [3.05, 3.63) is 29.6 Å². The van der Waals surface area contributed by atoms with Gasteiger partial charge in [0, 0.05) is 12.8 Å². The second-order valence-corrected chi connectivity index (χ2v) is 3.95. The average Bonchev–Trinajstić information content (AvgIpc) is 2.38. The fourth-order valence-electron chi connectivity index (χ4n) is 1.66. The number of hydrogen-bond acceptors (Lipinski definition) is 4. The van der Waals surface area contributed by atoms with E-state index in [2.05, 4.69) is 4.98 Å². The fraction of sp³-hybridized carbons (Fsp3) is 0.500. The molecule has 1 aliphatic heterocycles. The maximum Gasteiger partial charge on any atom is 0.337 e. The Kier molecular flexibility index (Phi) is 4.06. The fourth-order valence-corrected chi connectivity index (χ4v) is 1.66. The molecule has 5 nitrogen and oxygen atoms in total. The zero-order valence-corrected chi connectivity index (χ0v) is 9.46. The Morgan fingerprint density at radius 1 is 1.53 bits per heavy atom. The zero-order valence-electron chi connectivity index (χ0n) is 9.46. The maximum atomic E-state index is 10.6. The predicted molar refractivity (Wildman–Crippen MR) is 59.6 cm³/mol. The molecule has 0 amide bonds. The van der Waals surface area contributed by atoms with Crippen molar-refractivity contribution in [2.24, 2.45) is 0 Å². The third-order valence-electron chi connectivity index (χ3n) is 2.63. The molecule has 1 unspecified atom stereocenters. The van der Waals surface area contributed by atoms with Crippen LogP contribution >= 0.6 is 0 Å². The number of hydrogen-bond donors (Lipinski definition) is 1. The number of rotatable bonds is 4. The Balaban J connectivity index is 1.84. The van der Waals surface area contributed by atoms with E-state index < -0.39 is 5.97 Å². The van der Waals surface area contributed by atoms with E-state index in [1.165, 1.54) is 12.3 Å². The van der Waals surface area contributed by atoms with Crippen molar-refractivity contribution in [2.75, 3.05) is 6.61 Å². The molecule has 0 radical (unpaired) electrons. The minimum Gasteiger partial charge on any atom is -0.478 e. The lowest BCUT2D eigenvalue weighted by atomic mass is 10.2. The van der Waals surface area contributed by atoms with Crippen LogP contribution in [0.1, 0.15) is 35.3 Å². The number of carboxylic acids is 1. The number of carboxylic acid groups (broad SMARTS) is 1. The summed E-state index contributed by atoms with van der Waals surface area (Å²) in [6, 6.07) is 3.18. The average molecular weight is 237 g/mol. The summed E-state index contributed by atoms with van der Waals surface area (Å²) >= 11 is 0. The predicted octanol–water partition coefficient (Wildman–Crippen LogP) is 1.82. The SMILES string of the molecule is O=C(O)c1ccc(COC2CCCCO2)nc1. The summed E-state index contributed by atoms with van der Waals surface area (Å²) in [5.41, 5.74) is 0.895. The molecule has 0 aromatic carbocycles. The topological polar surface area (TPSA) is 68.7 Å². The number of aromatic nitrogens is 1. The quantitative estimate of drug-likeness (QED) is 0.865. The van der Waals surface area contributed by atoms with E-state index in [-0.39, 0.29) is 11.9 Å². The molecular formula is C12H15NO4. The molecule has 1 fully saturated rings. The Morgan fingerprint density at radius 2 is 2.41 bits per heavy atom. The van der Waals surface area contributed by atoms with Crippen LogP contribution in [0.3, 0.4) is 0 Å². The van der Waals surface area contributed by atoms with Gasteiger partial charge in [-0.25, -0.2) is 4.79 Å². The highest BCUT2D eigenvalue weighted by Crippen LogP contribution is 2.15. The molecule has 2 heterocycles. The van der Waals surface area contributed by atoms with Crippen LogP contribution in [0.2, 0.25) is 0 Å². The van der Waals surface area contributed by atoms with Gasteiger partial charge in [0.1, 0.15) is 0 Å². The highest BCUT2D eigenvalue weighted by Gasteiger charge is 2.14. The van der Waals surface area contributed by atoms with E-state index in [1.54, 1.807) is 6.07 Å². The van der Waals surface area contributed by atoms with Crippen molar-refractivity contribution >= 4 is 5.97 Å². The van der Waals surface area contributed by atoms with Crippen molar-refractivity contribution in [1.82, 2.24) is 4.98 Å². The Hall–Kier alpha value is -1.46. The molecule has 1 aromatic heterocycles. The lowest BCUT2D eigenvalue weighted by Gasteiger charge is -2.22. The van der Waals surface area contributed by atoms with Gasteiger partial charge >= 0.3 is 5.97 Å². The Morgan fingerprint density at radius 3 is 3.00 bits per heavy atom. The van der Waals surface area contributed by atoms with E-state index in [0.717, 1.165) is 25.9 Å². The number of ether oxygens (including phenoxy) is 2.